The number of hydrogen-bond acceptors (Lipinski definition) is 4. The molecule has 21 rings (SSSR count). The van der Waals surface area contributed by atoms with Crippen LogP contribution in [0.15, 0.2) is 352 Å². The molecule has 7 heteroatoms. The Balaban J connectivity index is 0.927. The predicted molar refractivity (Wildman–Crippen MR) is 477 cm³/mol. The van der Waals surface area contributed by atoms with Gasteiger partial charge in [-0.3, -0.25) is 0 Å². The van der Waals surface area contributed by atoms with E-state index in [0.29, 0.717) is 5.56 Å². The molecule has 0 spiro atoms. The minimum Gasteiger partial charge on any atom is -0.311 e. The van der Waals surface area contributed by atoms with Crippen LogP contribution in [0.3, 0.4) is 0 Å². The number of nitrogens with zero attached hydrogens (tertiary/aromatic N) is 5. The second-order valence-electron chi connectivity index (χ2n) is 32.3. The van der Waals surface area contributed by atoms with Crippen molar-refractivity contribution in [1.29, 1.82) is 5.26 Å². The van der Waals surface area contributed by atoms with Crippen molar-refractivity contribution in [3.8, 4) is 84.2 Å². The maximum atomic E-state index is 10.8. The zero-order valence-electron chi connectivity index (χ0n) is 63.2. The van der Waals surface area contributed by atoms with Crippen LogP contribution >= 0.6 is 11.3 Å². The van der Waals surface area contributed by atoms with E-state index in [9.17, 15) is 5.26 Å². The second-order valence-corrected chi connectivity index (χ2v) is 33.4. The molecular formula is C105H76BN5S. The van der Waals surface area contributed by atoms with Crippen LogP contribution < -0.4 is 26.2 Å². The summed E-state index contributed by atoms with van der Waals surface area (Å²) in [6.45, 7) is 13.5. The van der Waals surface area contributed by atoms with Crippen molar-refractivity contribution in [3.63, 3.8) is 0 Å². The fraction of sp³-hybridized carbons (Fsp3) is 0.0762. The molecular weight excluding hydrogens is 1370 g/mol. The predicted octanol–water partition coefficient (Wildman–Crippen LogP) is 26.8. The molecule has 5 heterocycles. The SMILES string of the molecule is CC(C)(C)c1ccc(N2c3cc(-c4c(-c5ccc6c(c5)sc5ccccc56)cccc4-n4c5ccccc5c5ccccc54)ccc3B3c4cc(-c5ccccc5)ccc4N(c4ccc(-c5ccccc5)cc4-c4ccccc4)c4cc(-n5c6ccc(C#N)cc6c6cc(C(C)(C)C)ccc65)cc2c43)c(-c2ccccc2)c1. The lowest BCUT2D eigenvalue weighted by Crippen LogP contribution is -2.61. The van der Waals surface area contributed by atoms with E-state index in [0.717, 1.165) is 145 Å². The average molecular weight is 1450 g/mol. The third-order valence-electron chi connectivity index (χ3n) is 23.6. The Hall–Kier alpha value is -13.5. The number of nitriles is 1. The Kier molecular flexibility index (Phi) is 15.4. The molecule has 0 fully saturated rings. The second kappa shape index (κ2) is 25.8. The number of aromatic nitrogens is 2. The molecule has 112 heavy (non-hydrogen) atoms. The number of hydrogen-bond donors (Lipinski definition) is 0. The van der Waals surface area contributed by atoms with Crippen molar-refractivity contribution in [3.05, 3.63) is 369 Å². The van der Waals surface area contributed by atoms with Crippen LogP contribution in [-0.4, -0.2) is 15.8 Å². The number of benzene rings is 16. The maximum absolute atomic E-state index is 10.8. The smallest absolute Gasteiger partial charge is 0.252 e. The molecule has 2 aliphatic rings. The molecule has 0 unspecified atom stereocenters. The highest BCUT2D eigenvalue weighted by Crippen LogP contribution is 2.54. The highest BCUT2D eigenvalue weighted by atomic mass is 32.1. The summed E-state index contributed by atoms with van der Waals surface area (Å²) in [6.07, 6.45) is 0. The topological polar surface area (TPSA) is 40.1 Å². The van der Waals surface area contributed by atoms with Gasteiger partial charge in [0, 0.05) is 81.2 Å². The standard InChI is InChI=1S/C105H76BN5S/c1-104(2,3)75-47-54-92(84(61-75)70-32-17-10-18-33-70)111-97-59-74(102-78(73-43-49-82-81-36-21-24-41-100(81)112-101(82)60-73)37-25-40-96(102)109-89-38-22-19-34-79(89)80-35-20-23-39-90(80)109)44-50-87(97)106-88-58-72(68-28-13-8-14-29-68)46-53-95(88)110(91-52-45-71(67-26-11-7-12-27-67)57-83(91)69-30-15-9-16-31-69)98-63-77(64-99(111)103(98)106)108-93-51-42-66(65-107)56-85(93)86-62-76(105(4,5)6)48-55-94(86)108/h7-64H,1-6H3. The van der Waals surface area contributed by atoms with Gasteiger partial charge in [-0.2, -0.15) is 5.26 Å². The summed E-state index contributed by atoms with van der Waals surface area (Å²) in [5, 5.41) is 17.9. The fourth-order valence-corrected chi connectivity index (χ4v) is 19.4. The molecule has 2 aliphatic heterocycles. The van der Waals surface area contributed by atoms with Crippen molar-refractivity contribution in [1.82, 2.24) is 9.13 Å². The first-order valence-electron chi connectivity index (χ1n) is 38.9. The van der Waals surface area contributed by atoms with Crippen molar-refractivity contribution in [2.75, 3.05) is 9.80 Å². The van der Waals surface area contributed by atoms with Gasteiger partial charge in [0.15, 0.2) is 0 Å². The summed E-state index contributed by atoms with van der Waals surface area (Å²) in [4.78, 5) is 5.28. The molecule has 0 bridgehead atoms. The summed E-state index contributed by atoms with van der Waals surface area (Å²) in [5.41, 5.74) is 32.8. The Bertz CT molecular complexity index is 7050. The van der Waals surface area contributed by atoms with E-state index in [2.05, 4.69) is 412 Å². The van der Waals surface area contributed by atoms with Crippen molar-refractivity contribution >= 4 is 132 Å². The van der Waals surface area contributed by atoms with Gasteiger partial charge in [0.2, 0.25) is 0 Å². The highest BCUT2D eigenvalue weighted by molar-refractivity contribution is 7.25. The number of thiophene rings is 1. The van der Waals surface area contributed by atoms with E-state index < -0.39 is 0 Å². The molecule has 0 radical (unpaired) electrons. The Morgan fingerprint density at radius 2 is 0.786 bits per heavy atom. The van der Waals surface area contributed by atoms with Crippen molar-refractivity contribution in [2.24, 2.45) is 0 Å². The molecule has 0 aliphatic carbocycles. The summed E-state index contributed by atoms with van der Waals surface area (Å²) in [5.74, 6) is 0. The van der Waals surface area contributed by atoms with Gasteiger partial charge in [-0.1, -0.05) is 284 Å². The lowest BCUT2D eigenvalue weighted by molar-refractivity contribution is 0.590. The monoisotopic (exact) mass is 1450 g/mol. The van der Waals surface area contributed by atoms with Gasteiger partial charge in [-0.05, 0) is 198 Å². The Morgan fingerprint density at radius 3 is 1.43 bits per heavy atom. The van der Waals surface area contributed by atoms with Crippen LogP contribution in [0.5, 0.6) is 0 Å². The maximum Gasteiger partial charge on any atom is 0.252 e. The van der Waals surface area contributed by atoms with Crippen molar-refractivity contribution in [2.45, 2.75) is 52.4 Å². The van der Waals surface area contributed by atoms with Crippen LogP contribution in [0.2, 0.25) is 0 Å². The zero-order chi connectivity index (χ0) is 75.3. The molecule has 0 saturated carbocycles. The third-order valence-corrected chi connectivity index (χ3v) is 24.8. The molecule has 0 saturated heterocycles. The first-order chi connectivity index (χ1) is 54.8. The summed E-state index contributed by atoms with van der Waals surface area (Å²) >= 11 is 1.86. The van der Waals surface area contributed by atoms with E-state index in [1.165, 1.54) is 58.5 Å². The van der Waals surface area contributed by atoms with E-state index >= 15 is 0 Å². The van der Waals surface area contributed by atoms with Gasteiger partial charge in [0.1, 0.15) is 0 Å². The van der Waals surface area contributed by atoms with E-state index in [4.69, 9.17) is 0 Å². The average Bonchev–Trinajstić information content (AvgIpc) is 0.745. The summed E-state index contributed by atoms with van der Waals surface area (Å²) < 4.78 is 7.54. The van der Waals surface area contributed by atoms with Crippen molar-refractivity contribution < 1.29 is 0 Å². The van der Waals surface area contributed by atoms with Crippen LogP contribution in [0.4, 0.5) is 34.1 Å². The molecule has 5 nitrogen and oxygen atoms in total. The van der Waals surface area contributed by atoms with E-state index in [1.807, 2.05) is 17.4 Å². The highest BCUT2D eigenvalue weighted by Gasteiger charge is 2.46. The quantitative estimate of drug-likeness (QED) is 0.128. The molecule has 0 amide bonds. The van der Waals surface area contributed by atoms with Gasteiger partial charge in [-0.15, -0.1) is 11.3 Å². The molecule has 0 atom stereocenters. The molecule has 3 aromatic heterocycles. The number of rotatable bonds is 10. The normalized spacial score (nSPS) is 12.7. The Labute approximate surface area is 657 Å². The minimum absolute atomic E-state index is 0.148. The van der Waals surface area contributed by atoms with Gasteiger partial charge < -0.3 is 18.9 Å². The van der Waals surface area contributed by atoms with E-state index in [-0.39, 0.29) is 17.5 Å². The van der Waals surface area contributed by atoms with Crippen LogP contribution in [-0.2, 0) is 10.8 Å². The first kappa shape index (κ1) is 66.7. The van der Waals surface area contributed by atoms with Crippen LogP contribution in [0, 0.1) is 11.3 Å². The summed E-state index contributed by atoms with van der Waals surface area (Å²) in [6, 6.07) is 135. The summed E-state index contributed by atoms with van der Waals surface area (Å²) in [7, 11) is 0. The minimum atomic E-state index is -0.305. The zero-order valence-corrected chi connectivity index (χ0v) is 64.0. The fourth-order valence-electron chi connectivity index (χ4n) is 18.2. The molecule has 530 valence electrons. The first-order valence-corrected chi connectivity index (χ1v) is 39.7. The lowest BCUT2D eigenvalue weighted by Gasteiger charge is -2.45. The number of para-hydroxylation sites is 2. The largest absolute Gasteiger partial charge is 0.311 e. The molecule has 0 N–H and O–H groups in total. The van der Waals surface area contributed by atoms with Gasteiger partial charge in [0.25, 0.3) is 6.71 Å². The van der Waals surface area contributed by atoms with Gasteiger partial charge in [-0.25, -0.2) is 0 Å². The van der Waals surface area contributed by atoms with Gasteiger partial charge in [0.05, 0.1) is 56.4 Å². The van der Waals surface area contributed by atoms with Crippen LogP contribution in [0.1, 0.15) is 58.2 Å². The molecule has 19 aromatic rings. The van der Waals surface area contributed by atoms with Crippen LogP contribution in [0.25, 0.3) is 142 Å². The Morgan fingerprint density at radius 1 is 0.286 bits per heavy atom. The number of anilines is 6. The lowest BCUT2D eigenvalue weighted by atomic mass is 9.33. The molecule has 16 aromatic carbocycles. The van der Waals surface area contributed by atoms with Gasteiger partial charge >= 0.3 is 0 Å². The number of fused-ring (bicyclic) bond motifs is 13. The third kappa shape index (κ3) is 10.7. The van der Waals surface area contributed by atoms with E-state index in [1.54, 1.807) is 0 Å².